The zero-order chi connectivity index (χ0) is 21.4. The average Bonchev–Trinajstić information content (AvgIpc) is 3.39. The number of pyridine rings is 1. The van der Waals surface area contributed by atoms with Crippen molar-refractivity contribution in [1.29, 1.82) is 0 Å². The number of hydrogen-bond donors (Lipinski definition) is 1. The highest BCUT2D eigenvalue weighted by Crippen LogP contribution is 2.42. The molecule has 0 amide bonds. The van der Waals surface area contributed by atoms with Crippen LogP contribution in [-0.4, -0.2) is 14.7 Å². The number of nitrogens with zero attached hydrogens (tertiary/aromatic N) is 3. The molecule has 1 N–H and O–H groups in total. The molecule has 3 heterocycles. The molecule has 5 rings (SSSR count). The van der Waals surface area contributed by atoms with E-state index in [1.807, 2.05) is 48.7 Å². The number of benzene rings is 2. The Bertz CT molecular complexity index is 1220. The Hall–Kier alpha value is -3.15. The van der Waals surface area contributed by atoms with Gasteiger partial charge in [-0.15, -0.1) is 0 Å². The fourth-order valence-electron chi connectivity index (χ4n) is 4.22. The van der Waals surface area contributed by atoms with Crippen LogP contribution < -0.4 is 10.2 Å². The maximum atomic E-state index is 6.16. The molecule has 0 spiro atoms. The Balaban J connectivity index is 1.68. The summed E-state index contributed by atoms with van der Waals surface area (Å²) in [6, 6.07) is 26.2. The predicted molar refractivity (Wildman–Crippen MR) is 130 cm³/mol. The van der Waals surface area contributed by atoms with Crippen molar-refractivity contribution < 1.29 is 0 Å². The first-order chi connectivity index (χ1) is 15.1. The maximum absolute atomic E-state index is 6.16. The van der Waals surface area contributed by atoms with Gasteiger partial charge in [-0.1, -0.05) is 35.9 Å². The molecule has 1 fully saturated rings. The standard InChI is InChI=1S/C25H21ClN4S/c1-17-7-2-3-9-21(17)29-16-6-10-22(29)24-23(20-8-4-5-15-27-20)28-25(31)30(24)19-13-11-18(26)12-14-19/h2-16,23-24H,1H3,(H,28,31). The number of aromatic nitrogens is 2. The average molecular weight is 445 g/mol. The second kappa shape index (κ2) is 8.17. The zero-order valence-corrected chi connectivity index (χ0v) is 18.5. The third-order valence-electron chi connectivity index (χ3n) is 5.66. The lowest BCUT2D eigenvalue weighted by Gasteiger charge is -2.29. The van der Waals surface area contributed by atoms with Gasteiger partial charge >= 0.3 is 0 Å². The van der Waals surface area contributed by atoms with Crippen molar-refractivity contribution in [3.8, 4) is 5.69 Å². The minimum absolute atomic E-state index is 0.0850. The first kappa shape index (κ1) is 19.8. The van der Waals surface area contributed by atoms with E-state index in [1.165, 1.54) is 5.56 Å². The second-order valence-corrected chi connectivity index (χ2v) is 8.39. The van der Waals surface area contributed by atoms with Gasteiger partial charge in [-0.2, -0.15) is 0 Å². The van der Waals surface area contributed by atoms with Crippen LogP contribution in [-0.2, 0) is 0 Å². The van der Waals surface area contributed by atoms with Gasteiger partial charge in [0.2, 0.25) is 0 Å². The molecule has 0 aliphatic carbocycles. The van der Waals surface area contributed by atoms with Gasteiger partial charge in [0.15, 0.2) is 5.11 Å². The third-order valence-corrected chi connectivity index (χ3v) is 6.23. The van der Waals surface area contributed by atoms with Crippen molar-refractivity contribution in [2.24, 2.45) is 0 Å². The summed E-state index contributed by atoms with van der Waals surface area (Å²) in [4.78, 5) is 6.80. The smallest absolute Gasteiger partial charge is 0.174 e. The number of rotatable bonds is 4. The summed E-state index contributed by atoms with van der Waals surface area (Å²) < 4.78 is 2.24. The van der Waals surface area contributed by atoms with Gasteiger partial charge in [-0.3, -0.25) is 4.98 Å². The number of anilines is 1. The highest BCUT2D eigenvalue weighted by atomic mass is 35.5. The van der Waals surface area contributed by atoms with Gasteiger partial charge in [0.25, 0.3) is 0 Å². The van der Waals surface area contributed by atoms with Crippen molar-refractivity contribution in [2.75, 3.05) is 4.90 Å². The van der Waals surface area contributed by atoms with E-state index < -0.39 is 0 Å². The summed E-state index contributed by atoms with van der Waals surface area (Å²) in [5, 5.41) is 4.88. The Kier molecular flexibility index (Phi) is 5.22. The van der Waals surface area contributed by atoms with Gasteiger partial charge in [0.05, 0.1) is 11.7 Å². The Morgan fingerprint density at radius 1 is 0.935 bits per heavy atom. The second-order valence-electron chi connectivity index (χ2n) is 7.56. The highest BCUT2D eigenvalue weighted by Gasteiger charge is 2.42. The largest absolute Gasteiger partial charge is 0.351 e. The van der Waals surface area contributed by atoms with Crippen molar-refractivity contribution in [3.63, 3.8) is 0 Å². The van der Waals surface area contributed by atoms with Crippen LogP contribution >= 0.6 is 23.8 Å². The molecule has 0 radical (unpaired) electrons. The molecule has 4 nitrogen and oxygen atoms in total. The van der Waals surface area contributed by atoms with Crippen LogP contribution in [0, 0.1) is 6.92 Å². The van der Waals surface area contributed by atoms with Crippen LogP contribution in [0.3, 0.4) is 0 Å². The van der Waals surface area contributed by atoms with E-state index in [0.717, 1.165) is 22.8 Å². The van der Waals surface area contributed by atoms with E-state index in [2.05, 4.69) is 69.3 Å². The molecule has 1 aliphatic heterocycles. The van der Waals surface area contributed by atoms with Crippen molar-refractivity contribution in [1.82, 2.24) is 14.9 Å². The Morgan fingerprint density at radius 2 is 1.71 bits per heavy atom. The molecule has 1 saturated heterocycles. The van der Waals surface area contributed by atoms with Gasteiger partial charge in [0, 0.05) is 34.5 Å². The van der Waals surface area contributed by atoms with Crippen molar-refractivity contribution in [3.05, 3.63) is 113 Å². The van der Waals surface area contributed by atoms with Crippen molar-refractivity contribution >= 4 is 34.6 Å². The quantitative estimate of drug-likeness (QED) is 0.391. The number of aryl methyl sites for hydroxylation is 1. The number of para-hydroxylation sites is 1. The van der Waals surface area contributed by atoms with Crippen LogP contribution in [0.15, 0.2) is 91.3 Å². The van der Waals surface area contributed by atoms with Crippen LogP contribution in [0.2, 0.25) is 5.02 Å². The summed E-state index contributed by atoms with van der Waals surface area (Å²) in [6.07, 6.45) is 3.93. The number of thiocarbonyl (C=S) groups is 1. The molecule has 31 heavy (non-hydrogen) atoms. The lowest BCUT2D eigenvalue weighted by molar-refractivity contribution is 0.549. The van der Waals surface area contributed by atoms with Gasteiger partial charge in [-0.25, -0.2) is 0 Å². The molecule has 2 aromatic carbocycles. The zero-order valence-electron chi connectivity index (χ0n) is 16.9. The SMILES string of the molecule is Cc1ccccc1-n1cccc1C1C(c2ccccn2)NC(=S)N1c1ccc(Cl)cc1. The van der Waals surface area contributed by atoms with E-state index >= 15 is 0 Å². The Labute approximate surface area is 192 Å². The third kappa shape index (κ3) is 3.60. The lowest BCUT2D eigenvalue weighted by atomic mass is 10.0. The van der Waals surface area contributed by atoms with Gasteiger partial charge < -0.3 is 14.8 Å². The van der Waals surface area contributed by atoms with E-state index in [1.54, 1.807) is 0 Å². The van der Waals surface area contributed by atoms with Crippen molar-refractivity contribution in [2.45, 2.75) is 19.0 Å². The van der Waals surface area contributed by atoms with Gasteiger partial charge in [-0.05, 0) is 79.3 Å². The molecular formula is C25H21ClN4S. The molecule has 2 atom stereocenters. The van der Waals surface area contributed by atoms with E-state index in [0.29, 0.717) is 10.1 Å². The van der Waals surface area contributed by atoms with E-state index in [9.17, 15) is 0 Å². The molecule has 154 valence electrons. The van der Waals surface area contributed by atoms with Crippen LogP contribution in [0.5, 0.6) is 0 Å². The molecule has 0 saturated carbocycles. The monoisotopic (exact) mass is 444 g/mol. The van der Waals surface area contributed by atoms with E-state index in [4.69, 9.17) is 23.8 Å². The van der Waals surface area contributed by atoms with Crippen LogP contribution in [0.1, 0.15) is 29.0 Å². The Morgan fingerprint density at radius 3 is 2.45 bits per heavy atom. The van der Waals surface area contributed by atoms with Crippen LogP contribution in [0.4, 0.5) is 5.69 Å². The normalized spacial score (nSPS) is 18.3. The minimum Gasteiger partial charge on any atom is -0.351 e. The fourth-order valence-corrected chi connectivity index (χ4v) is 4.70. The molecular weight excluding hydrogens is 424 g/mol. The summed E-state index contributed by atoms with van der Waals surface area (Å²) in [5.41, 5.74) is 5.43. The number of halogens is 1. The molecule has 2 aromatic heterocycles. The first-order valence-electron chi connectivity index (χ1n) is 10.1. The molecule has 2 unspecified atom stereocenters. The molecule has 4 aromatic rings. The summed E-state index contributed by atoms with van der Waals surface area (Å²) in [6.45, 7) is 2.13. The fraction of sp³-hybridized carbons (Fsp3) is 0.120. The van der Waals surface area contributed by atoms with Crippen LogP contribution in [0.25, 0.3) is 5.69 Å². The summed E-state index contributed by atoms with van der Waals surface area (Å²) >= 11 is 12.0. The predicted octanol–water partition coefficient (Wildman–Crippen LogP) is 6.01. The molecule has 6 heteroatoms. The molecule has 0 bridgehead atoms. The first-order valence-corrected chi connectivity index (χ1v) is 10.9. The van der Waals surface area contributed by atoms with E-state index in [-0.39, 0.29) is 12.1 Å². The highest BCUT2D eigenvalue weighted by molar-refractivity contribution is 7.80. The minimum atomic E-state index is -0.0953. The maximum Gasteiger partial charge on any atom is 0.174 e. The summed E-state index contributed by atoms with van der Waals surface area (Å²) in [7, 11) is 0. The molecule has 1 aliphatic rings. The lowest BCUT2D eigenvalue weighted by Crippen LogP contribution is -2.30. The number of nitrogens with one attached hydrogen (secondary N) is 1. The van der Waals surface area contributed by atoms with Gasteiger partial charge in [0.1, 0.15) is 6.04 Å². The topological polar surface area (TPSA) is 33.1 Å². The summed E-state index contributed by atoms with van der Waals surface area (Å²) in [5.74, 6) is 0. The number of hydrogen-bond acceptors (Lipinski definition) is 2.